The number of amides is 2. The summed E-state index contributed by atoms with van der Waals surface area (Å²) >= 11 is 5.97. The Balaban J connectivity index is 1.66. The second kappa shape index (κ2) is 9.81. The van der Waals surface area contributed by atoms with Gasteiger partial charge in [-0.1, -0.05) is 16.8 Å². The predicted molar refractivity (Wildman–Crippen MR) is 117 cm³/mol. The largest absolute Gasteiger partial charge is 0.495 e. The van der Waals surface area contributed by atoms with Crippen LogP contribution in [0, 0.1) is 0 Å². The first-order valence-electron chi connectivity index (χ1n) is 9.27. The number of hydrogen-bond donors (Lipinski definition) is 3. The molecule has 0 atom stereocenters. The van der Waals surface area contributed by atoms with E-state index in [1.165, 1.54) is 13.2 Å². The van der Waals surface area contributed by atoms with Crippen LogP contribution in [0.3, 0.4) is 0 Å². The summed E-state index contributed by atoms with van der Waals surface area (Å²) < 4.78 is 11.7. The van der Waals surface area contributed by atoms with Crippen LogP contribution in [0.1, 0.15) is 17.4 Å². The Bertz CT molecular complexity index is 1080. The van der Waals surface area contributed by atoms with Crippen LogP contribution in [0.2, 0.25) is 5.02 Å². The van der Waals surface area contributed by atoms with Gasteiger partial charge in [-0.25, -0.2) is 4.68 Å². The predicted octanol–water partition coefficient (Wildman–Crippen LogP) is 2.81. The summed E-state index contributed by atoms with van der Waals surface area (Å²) in [5.41, 5.74) is 6.78. The molecule has 0 radical (unpaired) electrons. The number of nitrogen functional groups attached to an aromatic ring is 1. The maximum Gasteiger partial charge on any atom is 0.280 e. The van der Waals surface area contributed by atoms with Gasteiger partial charge >= 0.3 is 0 Å². The van der Waals surface area contributed by atoms with E-state index >= 15 is 0 Å². The second-order valence-electron chi connectivity index (χ2n) is 6.29. The molecule has 0 aliphatic heterocycles. The third-order valence-electron chi connectivity index (χ3n) is 4.14. The third kappa shape index (κ3) is 5.43. The van der Waals surface area contributed by atoms with Gasteiger partial charge in [-0.3, -0.25) is 9.59 Å². The average Bonchev–Trinajstić information content (AvgIpc) is 3.10. The van der Waals surface area contributed by atoms with Crippen molar-refractivity contribution >= 4 is 40.6 Å². The van der Waals surface area contributed by atoms with Gasteiger partial charge in [0, 0.05) is 10.7 Å². The minimum atomic E-state index is -0.615. The molecule has 0 aliphatic rings. The molecule has 0 bridgehead atoms. The van der Waals surface area contributed by atoms with Crippen molar-refractivity contribution in [3.05, 3.63) is 53.2 Å². The minimum absolute atomic E-state index is 0.0552. The van der Waals surface area contributed by atoms with Crippen LogP contribution in [0.15, 0.2) is 42.5 Å². The number of rotatable bonds is 8. The molecule has 1 heterocycles. The fourth-order valence-corrected chi connectivity index (χ4v) is 2.87. The van der Waals surface area contributed by atoms with E-state index in [0.29, 0.717) is 34.5 Å². The molecule has 31 heavy (non-hydrogen) atoms. The molecule has 10 nitrogen and oxygen atoms in total. The van der Waals surface area contributed by atoms with Crippen LogP contribution in [0.5, 0.6) is 11.5 Å². The second-order valence-corrected chi connectivity index (χ2v) is 6.72. The molecule has 4 N–H and O–H groups in total. The Morgan fingerprint density at radius 3 is 2.58 bits per heavy atom. The van der Waals surface area contributed by atoms with E-state index in [1.807, 2.05) is 6.92 Å². The van der Waals surface area contributed by atoms with Gasteiger partial charge in [0.2, 0.25) is 5.91 Å². The van der Waals surface area contributed by atoms with E-state index in [1.54, 1.807) is 36.4 Å². The summed E-state index contributed by atoms with van der Waals surface area (Å²) in [6.45, 7) is 2.22. The summed E-state index contributed by atoms with van der Waals surface area (Å²) in [6.07, 6.45) is 0. The van der Waals surface area contributed by atoms with Gasteiger partial charge in [0.05, 0.1) is 19.4 Å². The Kier molecular flexibility index (Phi) is 6.93. The van der Waals surface area contributed by atoms with Gasteiger partial charge in [-0.2, -0.15) is 0 Å². The monoisotopic (exact) mass is 444 g/mol. The quantitative estimate of drug-likeness (QED) is 0.486. The molecule has 1 aromatic heterocycles. The van der Waals surface area contributed by atoms with E-state index in [9.17, 15) is 9.59 Å². The number of nitrogens with zero attached hydrogens (tertiary/aromatic N) is 3. The summed E-state index contributed by atoms with van der Waals surface area (Å²) in [6, 6.07) is 11.7. The number of ether oxygens (including phenoxy) is 2. The zero-order valence-electron chi connectivity index (χ0n) is 16.9. The number of carbonyl (C=O) groups is 2. The van der Waals surface area contributed by atoms with Gasteiger partial charge in [-0.05, 0) is 49.4 Å². The van der Waals surface area contributed by atoms with Crippen molar-refractivity contribution in [1.82, 2.24) is 15.0 Å². The van der Waals surface area contributed by atoms with Gasteiger partial charge in [0.25, 0.3) is 5.91 Å². The van der Waals surface area contributed by atoms with Crippen molar-refractivity contribution in [3.8, 4) is 11.5 Å². The van der Waals surface area contributed by atoms with E-state index < -0.39 is 5.91 Å². The first-order chi connectivity index (χ1) is 14.9. The molecule has 0 saturated heterocycles. The van der Waals surface area contributed by atoms with Crippen molar-refractivity contribution < 1.29 is 19.1 Å². The van der Waals surface area contributed by atoms with Crippen LogP contribution in [0.4, 0.5) is 17.2 Å². The lowest BCUT2D eigenvalue weighted by atomic mass is 10.2. The molecule has 0 aliphatic carbocycles. The lowest BCUT2D eigenvalue weighted by Gasteiger charge is -2.10. The maximum absolute atomic E-state index is 12.6. The van der Waals surface area contributed by atoms with Crippen LogP contribution >= 0.6 is 11.6 Å². The van der Waals surface area contributed by atoms with Crippen LogP contribution in [0.25, 0.3) is 0 Å². The summed E-state index contributed by atoms with van der Waals surface area (Å²) in [5.74, 6) is 0.0623. The first kappa shape index (κ1) is 21.9. The number of benzene rings is 2. The fraction of sp³-hybridized carbons (Fsp3) is 0.200. The van der Waals surface area contributed by atoms with Crippen LogP contribution in [-0.2, 0) is 11.3 Å². The molecule has 3 aromatic rings. The first-order valence-corrected chi connectivity index (χ1v) is 9.65. The zero-order valence-corrected chi connectivity index (χ0v) is 17.6. The van der Waals surface area contributed by atoms with Gasteiger partial charge in [0.1, 0.15) is 18.0 Å². The molecule has 2 amide bonds. The van der Waals surface area contributed by atoms with Crippen molar-refractivity contribution in [3.63, 3.8) is 0 Å². The van der Waals surface area contributed by atoms with Gasteiger partial charge in [-0.15, -0.1) is 5.10 Å². The average molecular weight is 445 g/mol. The van der Waals surface area contributed by atoms with Crippen molar-refractivity contribution in [1.29, 1.82) is 0 Å². The van der Waals surface area contributed by atoms with Crippen molar-refractivity contribution in [2.45, 2.75) is 13.5 Å². The summed E-state index contributed by atoms with van der Waals surface area (Å²) in [4.78, 5) is 24.9. The summed E-state index contributed by atoms with van der Waals surface area (Å²) in [5, 5.41) is 13.3. The van der Waals surface area contributed by atoms with E-state index in [-0.39, 0.29) is 24.0 Å². The highest BCUT2D eigenvalue weighted by atomic mass is 35.5. The number of anilines is 3. The number of nitrogens with two attached hydrogens (primary N) is 1. The van der Waals surface area contributed by atoms with Crippen molar-refractivity contribution in [2.24, 2.45) is 0 Å². The number of aromatic nitrogens is 3. The standard InChI is InChI=1S/C20H21ClN6O4/c1-3-31-14-7-5-13(6-8-14)23-17(28)11-27-19(22)18(25-26-27)20(29)24-15-10-12(21)4-9-16(15)30-2/h4-10H,3,11,22H2,1-2H3,(H,23,28)(H,24,29). The summed E-state index contributed by atoms with van der Waals surface area (Å²) in [7, 11) is 1.46. The Morgan fingerprint density at radius 2 is 1.90 bits per heavy atom. The van der Waals surface area contributed by atoms with Gasteiger partial charge < -0.3 is 25.8 Å². The molecule has 0 saturated carbocycles. The molecule has 2 aromatic carbocycles. The van der Waals surface area contributed by atoms with Crippen molar-refractivity contribution in [2.75, 3.05) is 30.1 Å². The minimum Gasteiger partial charge on any atom is -0.495 e. The van der Waals surface area contributed by atoms with E-state index in [4.69, 9.17) is 26.8 Å². The number of hydrogen-bond acceptors (Lipinski definition) is 7. The molecule has 0 fully saturated rings. The molecular weight excluding hydrogens is 424 g/mol. The Hall–Kier alpha value is -3.79. The van der Waals surface area contributed by atoms with Gasteiger partial charge in [0.15, 0.2) is 11.5 Å². The van der Waals surface area contributed by atoms with E-state index in [0.717, 1.165) is 4.68 Å². The topological polar surface area (TPSA) is 133 Å². The Morgan fingerprint density at radius 1 is 1.16 bits per heavy atom. The Labute approximate surface area is 183 Å². The highest BCUT2D eigenvalue weighted by molar-refractivity contribution is 6.31. The molecule has 11 heteroatoms. The van der Waals surface area contributed by atoms with Crippen LogP contribution in [-0.4, -0.2) is 40.5 Å². The number of carbonyl (C=O) groups excluding carboxylic acids is 2. The SMILES string of the molecule is CCOc1ccc(NC(=O)Cn2nnc(C(=O)Nc3cc(Cl)ccc3OC)c2N)cc1. The highest BCUT2D eigenvalue weighted by Gasteiger charge is 2.20. The highest BCUT2D eigenvalue weighted by Crippen LogP contribution is 2.28. The normalized spacial score (nSPS) is 10.4. The molecular formula is C20H21ClN6O4. The lowest BCUT2D eigenvalue weighted by molar-refractivity contribution is -0.116. The lowest BCUT2D eigenvalue weighted by Crippen LogP contribution is -2.21. The number of nitrogens with one attached hydrogen (secondary N) is 2. The van der Waals surface area contributed by atoms with E-state index in [2.05, 4.69) is 20.9 Å². The van der Waals surface area contributed by atoms with Crippen LogP contribution < -0.4 is 25.8 Å². The third-order valence-corrected chi connectivity index (χ3v) is 4.38. The number of halogens is 1. The zero-order chi connectivity index (χ0) is 22.4. The molecule has 3 rings (SSSR count). The smallest absolute Gasteiger partial charge is 0.280 e. The fourth-order valence-electron chi connectivity index (χ4n) is 2.70. The molecule has 0 unspecified atom stereocenters. The molecule has 162 valence electrons. The number of methoxy groups -OCH3 is 1. The maximum atomic E-state index is 12.6. The molecule has 0 spiro atoms.